The summed E-state index contributed by atoms with van der Waals surface area (Å²) in [4.78, 5) is 2.81. The Hall–Kier alpha value is -0.0800. The highest BCUT2D eigenvalue weighted by Crippen LogP contribution is 2.41. The Morgan fingerprint density at radius 3 is 2.41 bits per heavy atom. The number of nitrogens with zero attached hydrogens (tertiary/aromatic N) is 1. The van der Waals surface area contributed by atoms with Crippen LogP contribution >= 0.6 is 0 Å². The lowest BCUT2D eigenvalue weighted by atomic mass is 9.84. The van der Waals surface area contributed by atoms with Gasteiger partial charge >= 0.3 is 0 Å². The Kier molecular flexibility index (Phi) is 3.20. The molecule has 2 aliphatic carbocycles. The van der Waals surface area contributed by atoms with Gasteiger partial charge in [-0.05, 0) is 57.3 Å². The van der Waals surface area contributed by atoms with Crippen LogP contribution in [0.1, 0.15) is 52.4 Å². The molecule has 98 valence electrons. The SMILES string of the molecule is CC1CCC(N2CCNC(C)(C3CC3)C2)CC1. The Morgan fingerprint density at radius 2 is 1.76 bits per heavy atom. The van der Waals surface area contributed by atoms with Crippen molar-refractivity contribution in [2.24, 2.45) is 11.8 Å². The van der Waals surface area contributed by atoms with Gasteiger partial charge in [-0.15, -0.1) is 0 Å². The summed E-state index contributed by atoms with van der Waals surface area (Å²) in [5.41, 5.74) is 0.432. The van der Waals surface area contributed by atoms with E-state index >= 15 is 0 Å². The smallest absolute Gasteiger partial charge is 0.0309 e. The molecule has 1 unspecified atom stereocenters. The quantitative estimate of drug-likeness (QED) is 0.793. The van der Waals surface area contributed by atoms with Gasteiger partial charge in [-0.3, -0.25) is 4.90 Å². The second kappa shape index (κ2) is 4.55. The van der Waals surface area contributed by atoms with Crippen molar-refractivity contribution in [3.8, 4) is 0 Å². The molecule has 2 heteroatoms. The van der Waals surface area contributed by atoms with Crippen molar-refractivity contribution < 1.29 is 0 Å². The van der Waals surface area contributed by atoms with Gasteiger partial charge in [-0.25, -0.2) is 0 Å². The molecule has 2 saturated carbocycles. The molecule has 17 heavy (non-hydrogen) atoms. The van der Waals surface area contributed by atoms with Gasteiger partial charge in [0, 0.05) is 31.2 Å². The maximum Gasteiger partial charge on any atom is 0.0309 e. The molecule has 1 saturated heterocycles. The summed E-state index contributed by atoms with van der Waals surface area (Å²) < 4.78 is 0. The Morgan fingerprint density at radius 1 is 1.06 bits per heavy atom. The van der Waals surface area contributed by atoms with Crippen LogP contribution in [-0.4, -0.2) is 36.1 Å². The van der Waals surface area contributed by atoms with Crippen LogP contribution in [0.3, 0.4) is 0 Å². The summed E-state index contributed by atoms with van der Waals surface area (Å²) in [6.45, 7) is 8.67. The maximum absolute atomic E-state index is 3.79. The van der Waals surface area contributed by atoms with Crippen molar-refractivity contribution in [1.29, 1.82) is 0 Å². The van der Waals surface area contributed by atoms with Crippen LogP contribution in [0.2, 0.25) is 0 Å². The van der Waals surface area contributed by atoms with Crippen molar-refractivity contribution in [3.63, 3.8) is 0 Å². The molecule has 0 aromatic heterocycles. The van der Waals surface area contributed by atoms with E-state index in [1.807, 2.05) is 0 Å². The molecule has 1 N–H and O–H groups in total. The van der Waals surface area contributed by atoms with E-state index in [-0.39, 0.29) is 0 Å². The Labute approximate surface area is 106 Å². The zero-order chi connectivity index (χ0) is 11.9. The van der Waals surface area contributed by atoms with E-state index in [0.29, 0.717) is 5.54 Å². The highest BCUT2D eigenvalue weighted by Gasteiger charge is 2.44. The minimum Gasteiger partial charge on any atom is -0.309 e. The first-order valence-electron chi connectivity index (χ1n) is 7.66. The van der Waals surface area contributed by atoms with Gasteiger partial charge in [0.1, 0.15) is 0 Å². The Bertz CT molecular complexity index is 266. The van der Waals surface area contributed by atoms with E-state index in [2.05, 4.69) is 24.1 Å². The summed E-state index contributed by atoms with van der Waals surface area (Å²) in [5.74, 6) is 1.94. The normalized spacial score (nSPS) is 44.8. The average Bonchev–Trinajstić information content (AvgIpc) is 3.14. The van der Waals surface area contributed by atoms with Gasteiger partial charge in [-0.2, -0.15) is 0 Å². The summed E-state index contributed by atoms with van der Waals surface area (Å²) >= 11 is 0. The van der Waals surface area contributed by atoms with Crippen LogP contribution in [0.25, 0.3) is 0 Å². The summed E-state index contributed by atoms with van der Waals surface area (Å²) in [6.07, 6.45) is 8.71. The molecule has 2 nitrogen and oxygen atoms in total. The van der Waals surface area contributed by atoms with E-state index in [1.54, 1.807) is 0 Å². The average molecular weight is 236 g/mol. The predicted molar refractivity (Wildman–Crippen MR) is 72.1 cm³/mol. The number of piperazine rings is 1. The van der Waals surface area contributed by atoms with Gasteiger partial charge in [0.25, 0.3) is 0 Å². The van der Waals surface area contributed by atoms with Gasteiger partial charge in [0.15, 0.2) is 0 Å². The van der Waals surface area contributed by atoms with E-state index in [1.165, 1.54) is 58.2 Å². The number of hydrogen-bond acceptors (Lipinski definition) is 2. The number of rotatable bonds is 2. The zero-order valence-electron chi connectivity index (χ0n) is 11.5. The molecule has 0 amide bonds. The fraction of sp³-hybridized carbons (Fsp3) is 1.00. The second-order valence-corrected chi connectivity index (χ2v) is 7.00. The van der Waals surface area contributed by atoms with Crippen LogP contribution in [-0.2, 0) is 0 Å². The second-order valence-electron chi connectivity index (χ2n) is 7.00. The van der Waals surface area contributed by atoms with E-state index in [4.69, 9.17) is 0 Å². The summed E-state index contributed by atoms with van der Waals surface area (Å²) in [6, 6.07) is 0.895. The summed E-state index contributed by atoms with van der Waals surface area (Å²) in [5, 5.41) is 3.79. The molecule has 3 rings (SSSR count). The largest absolute Gasteiger partial charge is 0.309 e. The molecule has 1 atom stereocenters. The third kappa shape index (κ3) is 2.53. The third-order valence-corrected chi connectivity index (χ3v) is 5.44. The van der Waals surface area contributed by atoms with Gasteiger partial charge in [0.2, 0.25) is 0 Å². The molecule has 3 aliphatic rings. The molecule has 0 bridgehead atoms. The highest BCUT2D eigenvalue weighted by molar-refractivity contribution is 5.03. The third-order valence-electron chi connectivity index (χ3n) is 5.44. The van der Waals surface area contributed by atoms with Gasteiger partial charge < -0.3 is 5.32 Å². The fourth-order valence-corrected chi connectivity index (χ4v) is 3.96. The lowest BCUT2D eigenvalue weighted by Crippen LogP contribution is -2.62. The molecule has 1 heterocycles. The molecular formula is C15H28N2. The minimum atomic E-state index is 0.432. The van der Waals surface area contributed by atoms with Crippen LogP contribution < -0.4 is 5.32 Å². The molecular weight excluding hydrogens is 208 g/mol. The molecule has 0 radical (unpaired) electrons. The van der Waals surface area contributed by atoms with Gasteiger partial charge in [0.05, 0.1) is 0 Å². The van der Waals surface area contributed by atoms with Crippen molar-refractivity contribution in [2.45, 2.75) is 64.0 Å². The van der Waals surface area contributed by atoms with Crippen molar-refractivity contribution >= 4 is 0 Å². The first-order valence-corrected chi connectivity index (χ1v) is 7.66. The van der Waals surface area contributed by atoms with E-state index in [0.717, 1.165) is 17.9 Å². The molecule has 0 aromatic rings. The molecule has 3 fully saturated rings. The fourth-order valence-electron chi connectivity index (χ4n) is 3.96. The lowest BCUT2D eigenvalue weighted by molar-refractivity contribution is 0.0642. The maximum atomic E-state index is 3.79. The zero-order valence-corrected chi connectivity index (χ0v) is 11.5. The van der Waals surface area contributed by atoms with Crippen molar-refractivity contribution in [1.82, 2.24) is 10.2 Å². The number of nitrogens with one attached hydrogen (secondary N) is 1. The first-order chi connectivity index (χ1) is 8.17. The van der Waals surface area contributed by atoms with E-state index < -0.39 is 0 Å². The Balaban J connectivity index is 1.59. The predicted octanol–water partition coefficient (Wildman–Crippen LogP) is 2.64. The topological polar surface area (TPSA) is 15.3 Å². The molecule has 0 aromatic carbocycles. The summed E-state index contributed by atoms with van der Waals surface area (Å²) in [7, 11) is 0. The first kappa shape index (κ1) is 12.0. The highest BCUT2D eigenvalue weighted by atomic mass is 15.2. The standard InChI is InChI=1S/C15H28N2/c1-12-3-7-14(8-4-12)17-10-9-16-15(2,11-17)13-5-6-13/h12-14,16H,3-11H2,1-2H3. The molecule has 1 aliphatic heterocycles. The van der Waals surface area contributed by atoms with Gasteiger partial charge in [-0.1, -0.05) is 6.92 Å². The van der Waals surface area contributed by atoms with Crippen LogP contribution in [0, 0.1) is 11.8 Å². The molecule has 0 spiro atoms. The van der Waals surface area contributed by atoms with Crippen LogP contribution in [0.15, 0.2) is 0 Å². The minimum absolute atomic E-state index is 0.432. The monoisotopic (exact) mass is 236 g/mol. The van der Waals surface area contributed by atoms with Crippen molar-refractivity contribution in [2.75, 3.05) is 19.6 Å². The van der Waals surface area contributed by atoms with Crippen LogP contribution in [0.5, 0.6) is 0 Å². The van der Waals surface area contributed by atoms with E-state index in [9.17, 15) is 0 Å². The lowest BCUT2D eigenvalue weighted by Gasteiger charge is -2.46. The van der Waals surface area contributed by atoms with Crippen LogP contribution in [0.4, 0.5) is 0 Å². The van der Waals surface area contributed by atoms with Crippen molar-refractivity contribution in [3.05, 3.63) is 0 Å². The number of hydrogen-bond donors (Lipinski definition) is 1.